The summed E-state index contributed by atoms with van der Waals surface area (Å²) in [7, 11) is 3.17. The van der Waals surface area contributed by atoms with Gasteiger partial charge >= 0.3 is 0 Å². The van der Waals surface area contributed by atoms with E-state index in [1.807, 2.05) is 18.2 Å². The van der Waals surface area contributed by atoms with E-state index in [1.165, 1.54) is 5.56 Å². The molecule has 1 fully saturated rings. The smallest absolute Gasteiger partial charge is 0.254 e. The van der Waals surface area contributed by atoms with Crippen LogP contribution >= 0.6 is 11.6 Å². The highest BCUT2D eigenvalue weighted by Crippen LogP contribution is 2.26. The fourth-order valence-corrected chi connectivity index (χ4v) is 3.43. The van der Waals surface area contributed by atoms with Crippen LogP contribution in [0.15, 0.2) is 47.6 Å². The van der Waals surface area contributed by atoms with Gasteiger partial charge in [0.05, 0.1) is 27.0 Å². The Bertz CT molecular complexity index is 865. The van der Waals surface area contributed by atoms with Crippen molar-refractivity contribution in [3.8, 4) is 11.5 Å². The van der Waals surface area contributed by atoms with Gasteiger partial charge in [-0.25, -0.2) is 5.43 Å². The minimum atomic E-state index is -0.127. The quantitative estimate of drug-likeness (QED) is 0.515. The lowest BCUT2D eigenvalue weighted by atomic mass is 10.2. The van der Waals surface area contributed by atoms with Crippen LogP contribution in [-0.4, -0.2) is 68.9 Å². The Balaban J connectivity index is 1.40. The Morgan fingerprint density at radius 2 is 1.70 bits per heavy atom. The maximum Gasteiger partial charge on any atom is 0.254 e. The number of nitrogens with zero attached hydrogens (tertiary/aromatic N) is 3. The zero-order valence-corrected chi connectivity index (χ0v) is 18.1. The van der Waals surface area contributed by atoms with Gasteiger partial charge < -0.3 is 9.47 Å². The summed E-state index contributed by atoms with van der Waals surface area (Å²) in [6.07, 6.45) is 1.59. The highest BCUT2D eigenvalue weighted by atomic mass is 35.5. The van der Waals surface area contributed by atoms with E-state index in [1.54, 1.807) is 32.6 Å². The third-order valence-electron chi connectivity index (χ3n) is 4.96. The third kappa shape index (κ3) is 6.45. The number of carbonyl (C=O) groups excluding carboxylic acids is 1. The molecule has 1 aliphatic heterocycles. The number of nitrogens with one attached hydrogen (secondary N) is 1. The summed E-state index contributed by atoms with van der Waals surface area (Å²) in [6, 6.07) is 13.4. The molecule has 2 aromatic carbocycles. The van der Waals surface area contributed by atoms with E-state index in [2.05, 4.69) is 32.5 Å². The molecule has 0 spiro atoms. The highest BCUT2D eigenvalue weighted by molar-refractivity contribution is 6.30. The number of methoxy groups -OCH3 is 2. The molecular formula is C22H27ClN4O3. The number of amides is 1. The second kappa shape index (κ2) is 11.0. The van der Waals surface area contributed by atoms with E-state index in [0.29, 0.717) is 18.0 Å². The van der Waals surface area contributed by atoms with Gasteiger partial charge in [0, 0.05) is 37.7 Å². The summed E-state index contributed by atoms with van der Waals surface area (Å²) in [6.45, 7) is 4.77. The second-order valence-electron chi connectivity index (χ2n) is 7.09. The Labute approximate surface area is 182 Å². The first-order chi connectivity index (χ1) is 14.6. The Morgan fingerprint density at radius 1 is 1.03 bits per heavy atom. The Hall–Kier alpha value is -2.61. The van der Waals surface area contributed by atoms with Crippen molar-refractivity contribution in [2.24, 2.45) is 5.10 Å². The van der Waals surface area contributed by atoms with Crippen LogP contribution in [0.25, 0.3) is 0 Å². The van der Waals surface area contributed by atoms with E-state index in [4.69, 9.17) is 21.1 Å². The molecule has 2 aromatic rings. The minimum Gasteiger partial charge on any atom is -0.493 e. The van der Waals surface area contributed by atoms with Crippen molar-refractivity contribution in [2.75, 3.05) is 46.9 Å². The lowest BCUT2D eigenvalue weighted by molar-refractivity contribution is -0.122. The summed E-state index contributed by atoms with van der Waals surface area (Å²) in [5.41, 5.74) is 4.65. The molecule has 160 valence electrons. The summed E-state index contributed by atoms with van der Waals surface area (Å²) in [4.78, 5) is 16.7. The van der Waals surface area contributed by atoms with Crippen LogP contribution < -0.4 is 14.9 Å². The average Bonchev–Trinajstić information content (AvgIpc) is 2.76. The van der Waals surface area contributed by atoms with Gasteiger partial charge in [-0.15, -0.1) is 0 Å². The van der Waals surface area contributed by atoms with Crippen LogP contribution in [0.1, 0.15) is 11.1 Å². The van der Waals surface area contributed by atoms with Gasteiger partial charge in [0.15, 0.2) is 11.5 Å². The molecule has 1 aliphatic rings. The Kier molecular flexibility index (Phi) is 8.07. The van der Waals surface area contributed by atoms with E-state index < -0.39 is 0 Å². The van der Waals surface area contributed by atoms with Crippen molar-refractivity contribution in [3.63, 3.8) is 0 Å². The van der Waals surface area contributed by atoms with E-state index in [9.17, 15) is 4.79 Å². The summed E-state index contributed by atoms with van der Waals surface area (Å²) >= 11 is 5.94. The molecule has 0 aromatic heterocycles. The summed E-state index contributed by atoms with van der Waals surface area (Å²) in [5.74, 6) is 1.14. The van der Waals surface area contributed by atoms with Gasteiger partial charge in [-0.3, -0.25) is 14.6 Å². The van der Waals surface area contributed by atoms with Crippen LogP contribution in [0.4, 0.5) is 0 Å². The van der Waals surface area contributed by atoms with Crippen LogP contribution in [0.3, 0.4) is 0 Å². The largest absolute Gasteiger partial charge is 0.493 e. The molecule has 0 atom stereocenters. The van der Waals surface area contributed by atoms with Crippen molar-refractivity contribution in [3.05, 3.63) is 58.6 Å². The molecule has 30 heavy (non-hydrogen) atoms. The summed E-state index contributed by atoms with van der Waals surface area (Å²) < 4.78 is 10.5. The van der Waals surface area contributed by atoms with Crippen molar-refractivity contribution >= 4 is 23.7 Å². The number of piperazine rings is 1. The molecule has 0 unspecified atom stereocenters. The van der Waals surface area contributed by atoms with Gasteiger partial charge in [-0.05, 0) is 41.5 Å². The van der Waals surface area contributed by atoms with Gasteiger partial charge in [-0.1, -0.05) is 23.7 Å². The SMILES string of the molecule is COc1ccc(C=NNC(=O)CN2CCN(Cc3ccc(Cl)cc3)CC2)cc1OC. The first-order valence-corrected chi connectivity index (χ1v) is 10.2. The molecule has 0 aliphatic carbocycles. The maximum atomic E-state index is 12.2. The first-order valence-electron chi connectivity index (χ1n) is 9.80. The molecule has 0 saturated carbocycles. The molecule has 3 rings (SSSR count). The topological polar surface area (TPSA) is 66.4 Å². The molecule has 7 nitrogen and oxygen atoms in total. The van der Waals surface area contributed by atoms with Crippen LogP contribution in [-0.2, 0) is 11.3 Å². The molecule has 1 N–H and O–H groups in total. The fourth-order valence-electron chi connectivity index (χ4n) is 3.30. The zero-order valence-electron chi connectivity index (χ0n) is 17.3. The van der Waals surface area contributed by atoms with Crippen LogP contribution in [0.5, 0.6) is 11.5 Å². The van der Waals surface area contributed by atoms with Gasteiger partial charge in [-0.2, -0.15) is 5.10 Å². The Morgan fingerprint density at radius 3 is 2.37 bits per heavy atom. The van der Waals surface area contributed by atoms with Crippen molar-refractivity contribution in [2.45, 2.75) is 6.54 Å². The molecular weight excluding hydrogens is 404 g/mol. The predicted octanol–water partition coefficient (Wildman–Crippen LogP) is 2.63. The molecule has 1 heterocycles. The zero-order chi connectivity index (χ0) is 21.3. The summed E-state index contributed by atoms with van der Waals surface area (Å²) in [5, 5.41) is 4.80. The number of ether oxygens (including phenoxy) is 2. The number of benzene rings is 2. The van der Waals surface area contributed by atoms with Gasteiger partial charge in [0.1, 0.15) is 0 Å². The number of hydrogen-bond donors (Lipinski definition) is 1. The normalized spacial score (nSPS) is 15.3. The molecule has 0 bridgehead atoms. The molecule has 0 radical (unpaired) electrons. The molecule has 1 amide bonds. The number of rotatable bonds is 8. The lowest BCUT2D eigenvalue weighted by Crippen LogP contribution is -2.48. The van der Waals surface area contributed by atoms with E-state index >= 15 is 0 Å². The van der Waals surface area contributed by atoms with Crippen LogP contribution in [0.2, 0.25) is 5.02 Å². The molecule has 8 heteroatoms. The van der Waals surface area contributed by atoms with Crippen molar-refractivity contribution in [1.82, 2.24) is 15.2 Å². The molecule has 1 saturated heterocycles. The number of hydrazone groups is 1. The van der Waals surface area contributed by atoms with Crippen molar-refractivity contribution in [1.29, 1.82) is 0 Å². The average molecular weight is 431 g/mol. The monoisotopic (exact) mass is 430 g/mol. The minimum absolute atomic E-state index is 0.127. The van der Waals surface area contributed by atoms with E-state index in [-0.39, 0.29) is 5.91 Å². The van der Waals surface area contributed by atoms with E-state index in [0.717, 1.165) is 43.3 Å². The fraction of sp³-hybridized carbons (Fsp3) is 0.364. The lowest BCUT2D eigenvalue weighted by Gasteiger charge is -2.34. The number of carbonyl (C=O) groups is 1. The number of hydrogen-bond acceptors (Lipinski definition) is 6. The predicted molar refractivity (Wildman–Crippen MR) is 118 cm³/mol. The third-order valence-corrected chi connectivity index (χ3v) is 5.21. The van der Waals surface area contributed by atoms with Gasteiger partial charge in [0.25, 0.3) is 5.91 Å². The first kappa shape index (κ1) is 22.1. The van der Waals surface area contributed by atoms with Crippen molar-refractivity contribution < 1.29 is 14.3 Å². The second-order valence-corrected chi connectivity index (χ2v) is 7.52. The maximum absolute atomic E-state index is 12.2. The number of halogens is 1. The van der Waals surface area contributed by atoms with Gasteiger partial charge in [0.2, 0.25) is 0 Å². The standard InChI is InChI=1S/C22H27ClN4O3/c1-29-20-8-5-18(13-21(20)30-2)14-24-25-22(28)16-27-11-9-26(10-12-27)15-17-3-6-19(23)7-4-17/h3-8,13-14H,9-12,15-16H2,1-2H3,(H,25,28). The highest BCUT2D eigenvalue weighted by Gasteiger charge is 2.18. The van der Waals surface area contributed by atoms with Crippen LogP contribution in [0, 0.1) is 0 Å².